The number of fused-ring (bicyclic) bond motifs is 1. The Morgan fingerprint density at radius 2 is 2.17 bits per heavy atom. The van der Waals surface area contributed by atoms with Crippen LogP contribution >= 0.6 is 0 Å². The van der Waals surface area contributed by atoms with Crippen molar-refractivity contribution in [3.63, 3.8) is 0 Å². The van der Waals surface area contributed by atoms with E-state index in [9.17, 15) is 13.2 Å². The minimum Gasteiger partial charge on any atom is -0.380 e. The molecule has 23 heavy (non-hydrogen) atoms. The second kappa shape index (κ2) is 5.04. The lowest BCUT2D eigenvalue weighted by Gasteiger charge is -2.20. The Balaban J connectivity index is 1.69. The van der Waals surface area contributed by atoms with Crippen LogP contribution in [0.2, 0.25) is 0 Å². The van der Waals surface area contributed by atoms with Gasteiger partial charge in [0, 0.05) is 24.6 Å². The molecule has 1 N–H and O–H groups in total. The highest BCUT2D eigenvalue weighted by molar-refractivity contribution is 5.56. The van der Waals surface area contributed by atoms with E-state index in [1.54, 1.807) is 0 Å². The molecule has 2 aliphatic rings. The van der Waals surface area contributed by atoms with Gasteiger partial charge in [0.05, 0.1) is 24.2 Å². The van der Waals surface area contributed by atoms with Gasteiger partial charge in [0.1, 0.15) is 0 Å². The Kier molecular flexibility index (Phi) is 3.21. The van der Waals surface area contributed by atoms with E-state index in [-0.39, 0.29) is 22.7 Å². The molecule has 0 unspecified atom stereocenters. The van der Waals surface area contributed by atoms with Crippen LogP contribution in [0.5, 0.6) is 0 Å². The van der Waals surface area contributed by atoms with Gasteiger partial charge in [-0.05, 0) is 12.1 Å². The zero-order chi connectivity index (χ0) is 16.1. The number of hydrogen-bond donors (Lipinski definition) is 1. The molecule has 122 valence electrons. The highest BCUT2D eigenvalue weighted by Crippen LogP contribution is 2.40. The Morgan fingerprint density at radius 3 is 3.00 bits per heavy atom. The van der Waals surface area contributed by atoms with Crippen molar-refractivity contribution in [1.29, 1.82) is 0 Å². The van der Waals surface area contributed by atoms with Crippen LogP contribution < -0.4 is 5.32 Å². The van der Waals surface area contributed by atoms with Gasteiger partial charge in [0.15, 0.2) is 0 Å². The zero-order valence-corrected chi connectivity index (χ0v) is 12.1. The molecule has 0 bridgehead atoms. The molecule has 2 aliphatic heterocycles. The molecule has 0 amide bonds. The minimum atomic E-state index is -4.40. The predicted octanol–water partition coefficient (Wildman–Crippen LogP) is 2.24. The Bertz CT molecular complexity index is 719. The maximum absolute atomic E-state index is 12.8. The second-order valence-electron chi connectivity index (χ2n) is 6.00. The smallest absolute Gasteiger partial charge is 0.380 e. The van der Waals surface area contributed by atoms with E-state index >= 15 is 0 Å². The van der Waals surface area contributed by atoms with Gasteiger partial charge in [-0.2, -0.15) is 18.2 Å². The number of nitrogens with zero attached hydrogens (tertiary/aromatic N) is 2. The fourth-order valence-electron chi connectivity index (χ4n) is 3.27. The van der Waals surface area contributed by atoms with Gasteiger partial charge in [-0.1, -0.05) is 17.3 Å². The minimum absolute atomic E-state index is 0.165. The molecule has 5 nitrogen and oxygen atoms in total. The van der Waals surface area contributed by atoms with E-state index in [1.165, 1.54) is 12.1 Å². The number of benzene rings is 1. The molecular weight excluding hydrogens is 311 g/mol. The summed E-state index contributed by atoms with van der Waals surface area (Å²) in [5, 5.41) is 7.16. The summed E-state index contributed by atoms with van der Waals surface area (Å²) < 4.78 is 49.4. The third-order valence-corrected chi connectivity index (χ3v) is 4.59. The first kappa shape index (κ1) is 14.6. The van der Waals surface area contributed by atoms with Crippen molar-refractivity contribution in [1.82, 2.24) is 15.5 Å². The van der Waals surface area contributed by atoms with Gasteiger partial charge in [0.25, 0.3) is 0 Å². The third kappa shape index (κ3) is 2.33. The molecule has 2 aromatic rings. The lowest BCUT2D eigenvalue weighted by atomic mass is 9.81. The molecule has 3 heterocycles. The predicted molar refractivity (Wildman–Crippen MR) is 73.6 cm³/mol. The van der Waals surface area contributed by atoms with E-state index in [0.717, 1.165) is 18.7 Å². The number of hydrogen-bond acceptors (Lipinski definition) is 5. The van der Waals surface area contributed by atoms with Gasteiger partial charge in [-0.25, -0.2) is 0 Å². The van der Waals surface area contributed by atoms with E-state index in [2.05, 4.69) is 15.5 Å². The molecule has 0 spiro atoms. The largest absolute Gasteiger partial charge is 0.416 e. The molecule has 2 saturated heterocycles. The number of aromatic nitrogens is 2. The van der Waals surface area contributed by atoms with E-state index in [0.29, 0.717) is 25.6 Å². The summed E-state index contributed by atoms with van der Waals surface area (Å²) in [6.07, 6.45) is -4.40. The maximum Gasteiger partial charge on any atom is 0.416 e. The number of rotatable bonds is 2. The number of ether oxygens (including phenoxy) is 1. The normalized spacial score (nSPS) is 27.3. The van der Waals surface area contributed by atoms with Crippen molar-refractivity contribution in [3.8, 4) is 11.4 Å². The standard InChI is InChI=1S/C15H14F3N3O2/c16-15(17,18)10-3-1-2-9(4-10)12-20-13(23-21-12)14-7-19-5-11(14)6-22-8-14/h1-4,11,19H,5-8H2/t11-,14-/m0/s1. The van der Waals surface area contributed by atoms with Crippen LogP contribution in [0, 0.1) is 5.92 Å². The number of halogens is 3. The first-order valence-corrected chi connectivity index (χ1v) is 7.29. The Morgan fingerprint density at radius 1 is 1.30 bits per heavy atom. The molecule has 0 aliphatic carbocycles. The van der Waals surface area contributed by atoms with Crippen LogP contribution in [0.25, 0.3) is 11.4 Å². The molecule has 2 atom stereocenters. The Labute approximate surface area is 129 Å². The monoisotopic (exact) mass is 325 g/mol. The van der Waals surface area contributed by atoms with Crippen LogP contribution in [0.15, 0.2) is 28.8 Å². The number of nitrogens with one attached hydrogen (secondary N) is 1. The van der Waals surface area contributed by atoms with Crippen LogP contribution in [-0.2, 0) is 16.3 Å². The first-order chi connectivity index (χ1) is 11.0. The highest BCUT2D eigenvalue weighted by atomic mass is 19.4. The van der Waals surface area contributed by atoms with Crippen molar-refractivity contribution in [2.24, 2.45) is 5.92 Å². The molecule has 2 fully saturated rings. The average molecular weight is 325 g/mol. The second-order valence-corrected chi connectivity index (χ2v) is 6.00. The van der Waals surface area contributed by atoms with Crippen molar-refractivity contribution >= 4 is 0 Å². The van der Waals surface area contributed by atoms with Crippen molar-refractivity contribution in [2.75, 3.05) is 26.3 Å². The molecular formula is C15H14F3N3O2. The van der Waals surface area contributed by atoms with Gasteiger partial charge in [-0.3, -0.25) is 0 Å². The van der Waals surface area contributed by atoms with E-state index in [1.807, 2.05) is 0 Å². The topological polar surface area (TPSA) is 60.2 Å². The van der Waals surface area contributed by atoms with Gasteiger partial charge >= 0.3 is 6.18 Å². The molecule has 0 saturated carbocycles. The fraction of sp³-hybridized carbons (Fsp3) is 0.467. The average Bonchev–Trinajstić information content (AvgIpc) is 3.21. The lowest BCUT2D eigenvalue weighted by molar-refractivity contribution is -0.137. The number of alkyl halides is 3. The first-order valence-electron chi connectivity index (χ1n) is 7.29. The summed E-state index contributed by atoms with van der Waals surface area (Å²) in [4.78, 5) is 4.35. The summed E-state index contributed by atoms with van der Waals surface area (Å²) in [5.41, 5.74) is -0.816. The summed E-state index contributed by atoms with van der Waals surface area (Å²) in [6.45, 7) is 2.58. The molecule has 1 aromatic heterocycles. The maximum atomic E-state index is 12.8. The summed E-state index contributed by atoms with van der Waals surface area (Å²) in [5.74, 6) is 0.841. The fourth-order valence-corrected chi connectivity index (χ4v) is 3.27. The quantitative estimate of drug-likeness (QED) is 0.918. The van der Waals surface area contributed by atoms with E-state index < -0.39 is 11.7 Å². The summed E-state index contributed by atoms with van der Waals surface area (Å²) >= 11 is 0. The van der Waals surface area contributed by atoms with Crippen LogP contribution in [0.1, 0.15) is 11.5 Å². The summed E-state index contributed by atoms with van der Waals surface area (Å²) in [7, 11) is 0. The van der Waals surface area contributed by atoms with Crippen molar-refractivity contribution < 1.29 is 22.4 Å². The van der Waals surface area contributed by atoms with Crippen LogP contribution in [-0.4, -0.2) is 36.4 Å². The summed E-state index contributed by atoms with van der Waals surface area (Å²) in [6, 6.07) is 4.93. The van der Waals surface area contributed by atoms with Crippen LogP contribution in [0.4, 0.5) is 13.2 Å². The Hall–Kier alpha value is -1.93. The van der Waals surface area contributed by atoms with E-state index in [4.69, 9.17) is 9.26 Å². The molecule has 8 heteroatoms. The van der Waals surface area contributed by atoms with Crippen molar-refractivity contribution in [2.45, 2.75) is 11.6 Å². The van der Waals surface area contributed by atoms with Gasteiger partial charge in [-0.15, -0.1) is 0 Å². The molecule has 0 radical (unpaired) electrons. The molecule has 1 aromatic carbocycles. The lowest BCUT2D eigenvalue weighted by Crippen LogP contribution is -2.35. The van der Waals surface area contributed by atoms with Crippen molar-refractivity contribution in [3.05, 3.63) is 35.7 Å². The van der Waals surface area contributed by atoms with Gasteiger partial charge in [0.2, 0.25) is 11.7 Å². The molecule has 4 rings (SSSR count). The third-order valence-electron chi connectivity index (χ3n) is 4.59. The zero-order valence-electron chi connectivity index (χ0n) is 12.1. The highest BCUT2D eigenvalue weighted by Gasteiger charge is 2.52. The SMILES string of the molecule is FC(F)(F)c1cccc(-c2noc([C@]34CNC[C@H]3COC4)n2)c1. The van der Waals surface area contributed by atoms with Crippen LogP contribution in [0.3, 0.4) is 0 Å². The van der Waals surface area contributed by atoms with Gasteiger partial charge < -0.3 is 14.6 Å².